The van der Waals surface area contributed by atoms with Gasteiger partial charge in [-0.15, -0.1) is 0 Å². The van der Waals surface area contributed by atoms with Crippen molar-refractivity contribution in [1.29, 1.82) is 0 Å². The fourth-order valence-corrected chi connectivity index (χ4v) is 2.81. The standard InChI is InChI=1S/C15H12ClNO/c16-10-3-4-12-11-5-6-17-8-13(11)15(9-1-2-9)18-14(12)7-10/h3-9,15H,1-2H2. The molecule has 2 nitrogen and oxygen atoms in total. The van der Waals surface area contributed by atoms with Gasteiger partial charge in [0.25, 0.3) is 0 Å². The van der Waals surface area contributed by atoms with Gasteiger partial charge in [-0.1, -0.05) is 11.6 Å². The monoisotopic (exact) mass is 257 g/mol. The first-order chi connectivity index (χ1) is 8.83. The summed E-state index contributed by atoms with van der Waals surface area (Å²) in [4.78, 5) is 4.24. The summed E-state index contributed by atoms with van der Waals surface area (Å²) in [5.41, 5.74) is 3.57. The number of fused-ring (bicyclic) bond motifs is 3. The first-order valence-electron chi connectivity index (χ1n) is 6.23. The summed E-state index contributed by atoms with van der Waals surface area (Å²) in [5.74, 6) is 1.54. The fraction of sp³-hybridized carbons (Fsp3) is 0.267. The lowest BCUT2D eigenvalue weighted by molar-refractivity contribution is 0.178. The van der Waals surface area contributed by atoms with E-state index >= 15 is 0 Å². The van der Waals surface area contributed by atoms with Crippen LogP contribution in [0.25, 0.3) is 11.1 Å². The number of halogens is 1. The van der Waals surface area contributed by atoms with Gasteiger partial charge < -0.3 is 4.74 Å². The molecule has 1 saturated carbocycles. The minimum atomic E-state index is 0.152. The van der Waals surface area contributed by atoms with Gasteiger partial charge in [0.05, 0.1) is 0 Å². The average molecular weight is 258 g/mol. The molecule has 0 bridgehead atoms. The molecule has 0 radical (unpaired) electrons. The van der Waals surface area contributed by atoms with Crippen LogP contribution in [-0.2, 0) is 0 Å². The van der Waals surface area contributed by atoms with Gasteiger partial charge in [0.15, 0.2) is 0 Å². The van der Waals surface area contributed by atoms with Gasteiger partial charge in [0, 0.05) is 34.5 Å². The van der Waals surface area contributed by atoms with Gasteiger partial charge in [0.1, 0.15) is 11.9 Å². The zero-order valence-corrected chi connectivity index (χ0v) is 10.5. The van der Waals surface area contributed by atoms with Gasteiger partial charge >= 0.3 is 0 Å². The summed E-state index contributed by atoms with van der Waals surface area (Å²) in [5, 5.41) is 0.723. The first kappa shape index (κ1) is 10.4. The Bertz CT molecular complexity index is 622. The Kier molecular flexibility index (Phi) is 2.15. The Labute approximate surface area is 111 Å². The van der Waals surface area contributed by atoms with Crippen LogP contribution >= 0.6 is 11.6 Å². The molecule has 2 aliphatic rings. The second-order valence-corrected chi connectivity index (χ2v) is 5.42. The molecule has 2 aromatic rings. The summed E-state index contributed by atoms with van der Waals surface area (Å²) < 4.78 is 6.14. The van der Waals surface area contributed by atoms with Gasteiger partial charge in [-0.2, -0.15) is 0 Å². The lowest BCUT2D eigenvalue weighted by Crippen LogP contribution is -2.16. The highest BCUT2D eigenvalue weighted by atomic mass is 35.5. The SMILES string of the molecule is Clc1ccc2c(c1)OC(C1CC1)c1cnccc1-2. The van der Waals surface area contributed by atoms with E-state index in [0.717, 1.165) is 16.3 Å². The Morgan fingerprint density at radius 3 is 2.89 bits per heavy atom. The third-order valence-corrected chi connectivity index (χ3v) is 3.93. The van der Waals surface area contributed by atoms with Crippen LogP contribution in [0.3, 0.4) is 0 Å². The highest BCUT2D eigenvalue weighted by Gasteiger charge is 2.38. The first-order valence-corrected chi connectivity index (χ1v) is 6.61. The number of hydrogen-bond donors (Lipinski definition) is 0. The average Bonchev–Trinajstić information content (AvgIpc) is 3.21. The van der Waals surface area contributed by atoms with Crippen LogP contribution < -0.4 is 4.74 Å². The van der Waals surface area contributed by atoms with Crippen molar-refractivity contribution >= 4 is 11.6 Å². The zero-order valence-electron chi connectivity index (χ0n) is 9.77. The van der Waals surface area contributed by atoms with Crippen molar-refractivity contribution in [2.24, 2.45) is 5.92 Å². The second-order valence-electron chi connectivity index (χ2n) is 4.98. The largest absolute Gasteiger partial charge is 0.485 e. The van der Waals surface area contributed by atoms with Crippen LogP contribution in [0.15, 0.2) is 36.7 Å². The smallest absolute Gasteiger partial charge is 0.129 e. The Hall–Kier alpha value is -1.54. The number of benzene rings is 1. The van der Waals surface area contributed by atoms with E-state index in [2.05, 4.69) is 11.1 Å². The zero-order chi connectivity index (χ0) is 12.1. The van der Waals surface area contributed by atoms with E-state index in [1.807, 2.05) is 30.6 Å². The molecule has 1 unspecified atom stereocenters. The third kappa shape index (κ3) is 1.52. The number of nitrogens with zero attached hydrogens (tertiary/aromatic N) is 1. The van der Waals surface area contributed by atoms with Gasteiger partial charge in [-0.3, -0.25) is 4.98 Å². The number of hydrogen-bond acceptors (Lipinski definition) is 2. The highest BCUT2D eigenvalue weighted by molar-refractivity contribution is 6.30. The van der Waals surface area contributed by atoms with E-state index in [4.69, 9.17) is 16.3 Å². The lowest BCUT2D eigenvalue weighted by Gasteiger charge is -2.28. The molecule has 18 heavy (non-hydrogen) atoms. The Morgan fingerprint density at radius 1 is 1.17 bits per heavy atom. The maximum absolute atomic E-state index is 6.14. The number of pyridine rings is 1. The van der Waals surface area contributed by atoms with E-state index in [1.165, 1.54) is 24.0 Å². The molecule has 3 heteroatoms. The molecule has 0 N–H and O–H groups in total. The molecular formula is C15H12ClNO. The van der Waals surface area contributed by atoms with Gasteiger partial charge in [-0.05, 0) is 42.7 Å². The van der Waals surface area contributed by atoms with Crippen molar-refractivity contribution in [3.05, 3.63) is 47.2 Å². The maximum atomic E-state index is 6.14. The Balaban J connectivity index is 1.93. The number of rotatable bonds is 1. The summed E-state index contributed by atoms with van der Waals surface area (Å²) in [6.07, 6.45) is 6.42. The van der Waals surface area contributed by atoms with Crippen LogP contribution in [0, 0.1) is 5.92 Å². The van der Waals surface area contributed by atoms with E-state index in [1.54, 1.807) is 0 Å². The lowest BCUT2D eigenvalue weighted by atomic mass is 9.93. The summed E-state index contributed by atoms with van der Waals surface area (Å²) in [7, 11) is 0. The van der Waals surface area contributed by atoms with Crippen LogP contribution in [0.1, 0.15) is 24.5 Å². The molecule has 1 atom stereocenters. The molecule has 1 aromatic carbocycles. The topological polar surface area (TPSA) is 22.1 Å². The molecular weight excluding hydrogens is 246 g/mol. The van der Waals surface area contributed by atoms with Crippen molar-refractivity contribution < 1.29 is 4.74 Å². The molecule has 4 rings (SSSR count). The van der Waals surface area contributed by atoms with Gasteiger partial charge in [-0.25, -0.2) is 0 Å². The summed E-state index contributed by atoms with van der Waals surface area (Å²) in [6, 6.07) is 7.92. The highest BCUT2D eigenvalue weighted by Crippen LogP contribution is 2.51. The predicted molar refractivity (Wildman–Crippen MR) is 70.8 cm³/mol. The van der Waals surface area contributed by atoms with E-state index in [9.17, 15) is 0 Å². The third-order valence-electron chi connectivity index (χ3n) is 3.70. The van der Waals surface area contributed by atoms with E-state index in [0.29, 0.717) is 5.92 Å². The van der Waals surface area contributed by atoms with Crippen LogP contribution in [0.4, 0.5) is 0 Å². The van der Waals surface area contributed by atoms with Crippen LogP contribution in [0.2, 0.25) is 5.02 Å². The molecule has 0 saturated heterocycles. The molecule has 1 aromatic heterocycles. The van der Waals surface area contributed by atoms with Crippen molar-refractivity contribution in [2.75, 3.05) is 0 Å². The molecule has 0 spiro atoms. The molecule has 0 amide bonds. The predicted octanol–water partition coefficient (Wildman–Crippen LogP) is 4.25. The minimum Gasteiger partial charge on any atom is -0.485 e. The summed E-state index contributed by atoms with van der Waals surface area (Å²) in [6.45, 7) is 0. The van der Waals surface area contributed by atoms with Crippen LogP contribution in [-0.4, -0.2) is 4.98 Å². The molecule has 90 valence electrons. The molecule has 1 aliphatic heterocycles. The van der Waals surface area contributed by atoms with Crippen molar-refractivity contribution in [1.82, 2.24) is 4.98 Å². The molecule has 2 heterocycles. The normalized spacial score (nSPS) is 20.8. The number of ether oxygens (including phenoxy) is 1. The van der Waals surface area contributed by atoms with E-state index in [-0.39, 0.29) is 6.10 Å². The van der Waals surface area contributed by atoms with Crippen LogP contribution in [0.5, 0.6) is 5.75 Å². The van der Waals surface area contributed by atoms with Crippen molar-refractivity contribution in [3.63, 3.8) is 0 Å². The fourth-order valence-electron chi connectivity index (χ4n) is 2.64. The molecule has 1 fully saturated rings. The van der Waals surface area contributed by atoms with E-state index < -0.39 is 0 Å². The summed E-state index contributed by atoms with van der Waals surface area (Å²) >= 11 is 6.05. The minimum absolute atomic E-state index is 0.152. The van der Waals surface area contributed by atoms with Crippen molar-refractivity contribution in [3.8, 4) is 16.9 Å². The Morgan fingerprint density at radius 2 is 2.06 bits per heavy atom. The molecule has 1 aliphatic carbocycles. The second kappa shape index (κ2) is 3.72. The quantitative estimate of drug-likeness (QED) is 0.762. The van der Waals surface area contributed by atoms with Gasteiger partial charge in [0.2, 0.25) is 0 Å². The maximum Gasteiger partial charge on any atom is 0.129 e. The van der Waals surface area contributed by atoms with Crippen molar-refractivity contribution in [2.45, 2.75) is 18.9 Å². The number of aromatic nitrogens is 1.